The quantitative estimate of drug-likeness (QED) is 0.514. The van der Waals surface area contributed by atoms with Gasteiger partial charge in [0.25, 0.3) is 0 Å². The first kappa shape index (κ1) is 6.01. The SMILES string of the molecule is O[C@H]1C=C[C@@H]2[C@@H]1[C@H]1C=C[C@H]2C1. The van der Waals surface area contributed by atoms with Crippen LogP contribution in [0.5, 0.6) is 0 Å². The molecule has 1 fully saturated rings. The van der Waals surface area contributed by atoms with E-state index in [0.29, 0.717) is 17.8 Å². The van der Waals surface area contributed by atoms with Crippen LogP contribution in [-0.4, -0.2) is 11.2 Å². The number of allylic oxidation sites excluding steroid dienone is 3. The Bertz CT molecular complexity index is 241. The second-order valence-corrected chi connectivity index (χ2v) is 3.98. The smallest absolute Gasteiger partial charge is 0.0760 e. The Kier molecular flexibility index (Phi) is 0.972. The lowest BCUT2D eigenvalue weighted by atomic mass is 9.84. The average molecular weight is 148 g/mol. The van der Waals surface area contributed by atoms with Gasteiger partial charge in [0.05, 0.1) is 6.10 Å². The van der Waals surface area contributed by atoms with Crippen LogP contribution in [0.25, 0.3) is 0 Å². The Hall–Kier alpha value is -0.560. The standard InChI is InChI=1S/C10H12O/c11-9-4-3-8-6-1-2-7(5-6)10(8)9/h1-4,6-11H,5H2/t6-,7-,8-,9-,10-/m0/s1. The lowest BCUT2D eigenvalue weighted by molar-refractivity contribution is 0.132. The number of aliphatic hydroxyl groups excluding tert-OH is 1. The van der Waals surface area contributed by atoms with Crippen LogP contribution in [0.15, 0.2) is 24.3 Å². The molecule has 0 heterocycles. The predicted molar refractivity (Wildman–Crippen MR) is 42.9 cm³/mol. The third kappa shape index (κ3) is 0.603. The van der Waals surface area contributed by atoms with Crippen molar-refractivity contribution >= 4 is 0 Å². The summed E-state index contributed by atoms with van der Waals surface area (Å²) in [7, 11) is 0. The molecule has 0 amide bonds. The molecular formula is C10H12O. The molecule has 0 aromatic rings. The molecule has 0 saturated heterocycles. The summed E-state index contributed by atoms with van der Waals surface area (Å²) in [6.07, 6.45) is 9.94. The normalized spacial score (nSPS) is 57.4. The van der Waals surface area contributed by atoms with E-state index in [9.17, 15) is 5.11 Å². The van der Waals surface area contributed by atoms with Crippen molar-refractivity contribution in [1.29, 1.82) is 0 Å². The first-order valence-electron chi connectivity index (χ1n) is 4.41. The van der Waals surface area contributed by atoms with Gasteiger partial charge in [-0.2, -0.15) is 0 Å². The minimum absolute atomic E-state index is 0.153. The van der Waals surface area contributed by atoms with Crippen molar-refractivity contribution in [1.82, 2.24) is 0 Å². The molecule has 3 rings (SSSR count). The van der Waals surface area contributed by atoms with Crippen LogP contribution in [0.2, 0.25) is 0 Å². The molecule has 3 aliphatic carbocycles. The fourth-order valence-electron chi connectivity index (χ4n) is 3.02. The van der Waals surface area contributed by atoms with E-state index in [2.05, 4.69) is 18.2 Å². The summed E-state index contributed by atoms with van der Waals surface area (Å²) >= 11 is 0. The molecule has 58 valence electrons. The van der Waals surface area contributed by atoms with E-state index in [1.165, 1.54) is 6.42 Å². The summed E-state index contributed by atoms with van der Waals surface area (Å²) in [6, 6.07) is 0. The molecule has 0 aromatic carbocycles. The third-order valence-electron chi connectivity index (χ3n) is 3.51. The van der Waals surface area contributed by atoms with Crippen molar-refractivity contribution in [2.75, 3.05) is 0 Å². The van der Waals surface area contributed by atoms with E-state index in [0.717, 1.165) is 5.92 Å². The molecule has 11 heavy (non-hydrogen) atoms. The zero-order valence-electron chi connectivity index (χ0n) is 6.35. The van der Waals surface area contributed by atoms with Crippen LogP contribution in [0.3, 0.4) is 0 Å². The highest BCUT2D eigenvalue weighted by molar-refractivity contribution is 5.24. The number of hydrogen-bond donors (Lipinski definition) is 1. The topological polar surface area (TPSA) is 20.2 Å². The molecule has 2 bridgehead atoms. The molecule has 0 aromatic heterocycles. The van der Waals surface area contributed by atoms with E-state index in [1.54, 1.807) is 0 Å². The van der Waals surface area contributed by atoms with Gasteiger partial charge in [0, 0.05) is 5.92 Å². The van der Waals surface area contributed by atoms with Gasteiger partial charge in [0.2, 0.25) is 0 Å². The number of rotatable bonds is 0. The minimum Gasteiger partial charge on any atom is -0.389 e. The van der Waals surface area contributed by atoms with Crippen molar-refractivity contribution in [2.24, 2.45) is 23.7 Å². The zero-order valence-corrected chi connectivity index (χ0v) is 6.35. The van der Waals surface area contributed by atoms with Gasteiger partial charge >= 0.3 is 0 Å². The minimum atomic E-state index is -0.153. The first-order chi connectivity index (χ1) is 5.36. The Morgan fingerprint density at radius 3 is 2.64 bits per heavy atom. The van der Waals surface area contributed by atoms with E-state index >= 15 is 0 Å². The van der Waals surface area contributed by atoms with Crippen molar-refractivity contribution < 1.29 is 5.11 Å². The number of aliphatic hydroxyl groups is 1. The van der Waals surface area contributed by atoms with E-state index in [4.69, 9.17) is 0 Å². The Balaban J connectivity index is 2.02. The lowest BCUT2D eigenvalue weighted by Gasteiger charge is -2.22. The maximum Gasteiger partial charge on any atom is 0.0760 e. The highest BCUT2D eigenvalue weighted by atomic mass is 16.3. The largest absolute Gasteiger partial charge is 0.389 e. The summed E-state index contributed by atoms with van der Waals surface area (Å²) < 4.78 is 0. The van der Waals surface area contributed by atoms with Crippen molar-refractivity contribution in [3.63, 3.8) is 0 Å². The van der Waals surface area contributed by atoms with E-state index in [1.807, 2.05) is 6.08 Å². The average Bonchev–Trinajstić information content (AvgIpc) is 2.60. The van der Waals surface area contributed by atoms with Crippen LogP contribution in [0.4, 0.5) is 0 Å². The molecule has 1 saturated carbocycles. The van der Waals surface area contributed by atoms with Crippen LogP contribution < -0.4 is 0 Å². The second kappa shape index (κ2) is 1.78. The Labute approximate surface area is 66.4 Å². The first-order valence-corrected chi connectivity index (χ1v) is 4.41. The highest BCUT2D eigenvalue weighted by Gasteiger charge is 2.48. The van der Waals surface area contributed by atoms with E-state index in [-0.39, 0.29) is 6.10 Å². The number of fused-ring (bicyclic) bond motifs is 5. The molecule has 5 atom stereocenters. The van der Waals surface area contributed by atoms with Crippen molar-refractivity contribution in [3.05, 3.63) is 24.3 Å². The lowest BCUT2D eigenvalue weighted by Crippen LogP contribution is -2.23. The molecule has 0 spiro atoms. The van der Waals surface area contributed by atoms with Gasteiger partial charge in [-0.3, -0.25) is 0 Å². The molecule has 0 radical (unpaired) electrons. The fourth-order valence-corrected chi connectivity index (χ4v) is 3.02. The van der Waals surface area contributed by atoms with Gasteiger partial charge in [0.15, 0.2) is 0 Å². The highest BCUT2D eigenvalue weighted by Crippen LogP contribution is 2.52. The summed E-state index contributed by atoms with van der Waals surface area (Å²) in [4.78, 5) is 0. The fraction of sp³-hybridized carbons (Fsp3) is 0.600. The predicted octanol–water partition coefficient (Wildman–Crippen LogP) is 1.36. The van der Waals surface area contributed by atoms with Crippen molar-refractivity contribution in [3.8, 4) is 0 Å². The summed E-state index contributed by atoms with van der Waals surface area (Å²) in [5, 5.41) is 9.60. The Morgan fingerprint density at radius 2 is 1.82 bits per heavy atom. The third-order valence-corrected chi connectivity index (χ3v) is 3.51. The molecule has 1 N–H and O–H groups in total. The van der Waals surface area contributed by atoms with Gasteiger partial charge in [-0.15, -0.1) is 0 Å². The van der Waals surface area contributed by atoms with Gasteiger partial charge in [-0.05, 0) is 24.2 Å². The molecular weight excluding hydrogens is 136 g/mol. The Morgan fingerprint density at radius 1 is 1.00 bits per heavy atom. The monoisotopic (exact) mass is 148 g/mol. The van der Waals surface area contributed by atoms with Gasteiger partial charge in [-0.25, -0.2) is 0 Å². The van der Waals surface area contributed by atoms with E-state index < -0.39 is 0 Å². The van der Waals surface area contributed by atoms with Crippen LogP contribution >= 0.6 is 0 Å². The molecule has 0 aliphatic heterocycles. The van der Waals surface area contributed by atoms with Gasteiger partial charge < -0.3 is 5.11 Å². The second-order valence-electron chi connectivity index (χ2n) is 3.98. The summed E-state index contributed by atoms with van der Waals surface area (Å²) in [5.74, 6) is 2.62. The molecule has 1 nitrogen and oxygen atoms in total. The van der Waals surface area contributed by atoms with Gasteiger partial charge in [0.1, 0.15) is 0 Å². The maximum atomic E-state index is 9.60. The van der Waals surface area contributed by atoms with Crippen LogP contribution in [-0.2, 0) is 0 Å². The number of hydrogen-bond acceptors (Lipinski definition) is 1. The zero-order chi connectivity index (χ0) is 7.42. The summed E-state index contributed by atoms with van der Waals surface area (Å²) in [5.41, 5.74) is 0. The van der Waals surface area contributed by atoms with Crippen molar-refractivity contribution in [2.45, 2.75) is 12.5 Å². The van der Waals surface area contributed by atoms with Gasteiger partial charge in [-0.1, -0.05) is 24.3 Å². The van der Waals surface area contributed by atoms with Crippen LogP contribution in [0, 0.1) is 23.7 Å². The molecule has 3 aliphatic rings. The molecule has 1 heteroatoms. The maximum absolute atomic E-state index is 9.60. The summed E-state index contributed by atoms with van der Waals surface area (Å²) in [6.45, 7) is 0. The molecule has 0 unspecified atom stereocenters. The van der Waals surface area contributed by atoms with Crippen LogP contribution in [0.1, 0.15) is 6.42 Å².